The van der Waals surface area contributed by atoms with Crippen LogP contribution in [0, 0.1) is 0 Å². The first kappa shape index (κ1) is 15.0. The monoisotopic (exact) mass is 322 g/mol. The van der Waals surface area contributed by atoms with Crippen LogP contribution < -0.4 is 5.43 Å². The Morgan fingerprint density at radius 3 is 2.22 bits per heavy atom. The smallest absolute Gasteiger partial charge is 0.416 e. The minimum atomic E-state index is -4.46. The fourth-order valence-corrected chi connectivity index (χ4v) is 2.21. The van der Waals surface area contributed by atoms with Crippen LogP contribution in [0.15, 0.2) is 51.9 Å². The van der Waals surface area contributed by atoms with Gasteiger partial charge in [0.25, 0.3) is 0 Å². The molecule has 0 unspecified atom stereocenters. The number of alkyl halides is 3. The molecule has 3 rings (SSSR count). The van der Waals surface area contributed by atoms with Gasteiger partial charge in [0, 0.05) is 0 Å². The maximum absolute atomic E-state index is 12.6. The molecule has 1 heterocycles. The quantitative estimate of drug-likeness (QED) is 0.667. The topological polar surface area (TPSA) is 70.7 Å². The van der Waals surface area contributed by atoms with Gasteiger partial charge in [0.1, 0.15) is 6.26 Å². The van der Waals surface area contributed by atoms with Crippen LogP contribution >= 0.6 is 0 Å². The minimum Gasteiger partial charge on any atom is -0.504 e. The van der Waals surface area contributed by atoms with Crippen LogP contribution in [0.5, 0.6) is 11.5 Å². The Labute approximate surface area is 127 Å². The molecule has 0 aliphatic heterocycles. The van der Waals surface area contributed by atoms with Crippen LogP contribution in [0.25, 0.3) is 22.1 Å². The summed E-state index contributed by atoms with van der Waals surface area (Å²) in [4.78, 5) is 12.4. The Hall–Kier alpha value is -2.96. The zero-order valence-electron chi connectivity index (χ0n) is 11.4. The summed E-state index contributed by atoms with van der Waals surface area (Å²) >= 11 is 0. The molecule has 118 valence electrons. The second-order valence-corrected chi connectivity index (χ2v) is 4.86. The average molecular weight is 322 g/mol. The Morgan fingerprint density at radius 1 is 0.957 bits per heavy atom. The van der Waals surface area contributed by atoms with Gasteiger partial charge in [-0.1, -0.05) is 12.1 Å². The van der Waals surface area contributed by atoms with Crippen LogP contribution in [-0.2, 0) is 6.18 Å². The summed E-state index contributed by atoms with van der Waals surface area (Å²) < 4.78 is 42.8. The highest BCUT2D eigenvalue weighted by atomic mass is 19.4. The summed E-state index contributed by atoms with van der Waals surface area (Å²) in [5.41, 5.74) is -1.24. The lowest BCUT2D eigenvalue weighted by Crippen LogP contribution is -2.06. The lowest BCUT2D eigenvalue weighted by Gasteiger charge is -2.08. The van der Waals surface area contributed by atoms with Crippen molar-refractivity contribution < 1.29 is 27.8 Å². The number of phenolic OH excluding ortho intramolecular Hbond substituents is 2. The normalized spacial score (nSPS) is 11.8. The predicted octanol–water partition coefficient (Wildman–Crippen LogP) is 3.89. The molecule has 0 aliphatic carbocycles. The minimum absolute atomic E-state index is 0.0118. The molecule has 0 aliphatic rings. The van der Waals surface area contributed by atoms with E-state index >= 15 is 0 Å². The maximum atomic E-state index is 12.6. The molecular weight excluding hydrogens is 313 g/mol. The fraction of sp³-hybridized carbons (Fsp3) is 0.0625. The van der Waals surface area contributed by atoms with E-state index in [1.807, 2.05) is 0 Å². The maximum Gasteiger partial charge on any atom is 0.416 e. The van der Waals surface area contributed by atoms with Crippen molar-refractivity contribution in [3.05, 3.63) is 58.4 Å². The fourth-order valence-electron chi connectivity index (χ4n) is 2.21. The van der Waals surface area contributed by atoms with E-state index in [0.717, 1.165) is 24.5 Å². The Morgan fingerprint density at radius 2 is 1.61 bits per heavy atom. The van der Waals surface area contributed by atoms with Gasteiger partial charge in [0.05, 0.1) is 16.5 Å². The molecule has 0 fully saturated rings. The van der Waals surface area contributed by atoms with E-state index in [-0.39, 0.29) is 22.1 Å². The first-order valence-electron chi connectivity index (χ1n) is 6.43. The molecular formula is C16H9F3O4. The standard InChI is InChI=1S/C16H9F3O4/c17-16(18,19)9-3-1-8(2-4-9)11-7-23-15-10(13(11)21)5-6-12(20)14(15)22/h1-7,20,22H. The van der Waals surface area contributed by atoms with Crippen molar-refractivity contribution in [1.82, 2.24) is 0 Å². The molecule has 2 aromatic carbocycles. The predicted molar refractivity (Wildman–Crippen MR) is 76.3 cm³/mol. The second kappa shape index (κ2) is 5.05. The van der Waals surface area contributed by atoms with Gasteiger partial charge in [0.2, 0.25) is 11.2 Å². The summed E-state index contributed by atoms with van der Waals surface area (Å²) in [6, 6.07) is 6.47. The molecule has 0 spiro atoms. The number of halogens is 3. The molecule has 7 heteroatoms. The van der Waals surface area contributed by atoms with Gasteiger partial charge in [-0.25, -0.2) is 0 Å². The number of aromatic hydroxyl groups is 2. The molecule has 3 aromatic rings. The van der Waals surface area contributed by atoms with E-state index in [9.17, 15) is 28.2 Å². The SMILES string of the molecule is O=c1c(-c2ccc(C(F)(F)F)cc2)coc2c(O)c(O)ccc12. The van der Waals surface area contributed by atoms with Crippen LogP contribution in [0.1, 0.15) is 5.56 Å². The zero-order chi connectivity index (χ0) is 16.8. The van der Waals surface area contributed by atoms with Gasteiger partial charge in [0.15, 0.2) is 11.3 Å². The van der Waals surface area contributed by atoms with Gasteiger partial charge in [-0.2, -0.15) is 13.2 Å². The van der Waals surface area contributed by atoms with Gasteiger partial charge in [-0.15, -0.1) is 0 Å². The van der Waals surface area contributed by atoms with Crippen molar-refractivity contribution in [3.8, 4) is 22.6 Å². The average Bonchev–Trinajstić information content (AvgIpc) is 2.51. The Bertz CT molecular complexity index is 940. The van der Waals surface area contributed by atoms with E-state index in [1.54, 1.807) is 0 Å². The molecule has 2 N–H and O–H groups in total. The highest BCUT2D eigenvalue weighted by Gasteiger charge is 2.30. The zero-order valence-corrected chi connectivity index (χ0v) is 11.4. The molecule has 0 atom stereocenters. The third kappa shape index (κ3) is 2.50. The lowest BCUT2D eigenvalue weighted by molar-refractivity contribution is -0.137. The number of hydrogen-bond acceptors (Lipinski definition) is 4. The van der Waals surface area contributed by atoms with Crippen molar-refractivity contribution in [2.45, 2.75) is 6.18 Å². The third-order valence-electron chi connectivity index (χ3n) is 3.42. The van der Waals surface area contributed by atoms with Crippen molar-refractivity contribution in [2.75, 3.05) is 0 Å². The molecule has 0 radical (unpaired) electrons. The molecule has 1 aromatic heterocycles. The van der Waals surface area contributed by atoms with E-state index < -0.39 is 28.7 Å². The summed E-state index contributed by atoms with van der Waals surface area (Å²) in [7, 11) is 0. The van der Waals surface area contributed by atoms with Gasteiger partial charge in [-0.3, -0.25) is 4.79 Å². The first-order valence-corrected chi connectivity index (χ1v) is 6.43. The summed E-state index contributed by atoms with van der Waals surface area (Å²) in [6.45, 7) is 0. The summed E-state index contributed by atoms with van der Waals surface area (Å²) in [6.07, 6.45) is -3.43. The lowest BCUT2D eigenvalue weighted by atomic mass is 10.0. The van der Waals surface area contributed by atoms with E-state index in [4.69, 9.17) is 4.42 Å². The largest absolute Gasteiger partial charge is 0.504 e. The van der Waals surface area contributed by atoms with Crippen molar-refractivity contribution in [2.24, 2.45) is 0 Å². The second-order valence-electron chi connectivity index (χ2n) is 4.86. The Kier molecular flexibility index (Phi) is 3.28. The van der Waals surface area contributed by atoms with Crippen LogP contribution in [0.4, 0.5) is 13.2 Å². The molecule has 4 nitrogen and oxygen atoms in total. The van der Waals surface area contributed by atoms with E-state index in [2.05, 4.69) is 0 Å². The van der Waals surface area contributed by atoms with E-state index in [1.165, 1.54) is 18.2 Å². The highest BCUT2D eigenvalue weighted by molar-refractivity contribution is 5.87. The van der Waals surface area contributed by atoms with Crippen LogP contribution in [0.2, 0.25) is 0 Å². The summed E-state index contributed by atoms with van der Waals surface area (Å²) in [5, 5.41) is 19.1. The number of fused-ring (bicyclic) bond motifs is 1. The molecule has 0 saturated carbocycles. The Balaban J connectivity index is 2.16. The molecule has 23 heavy (non-hydrogen) atoms. The number of rotatable bonds is 1. The third-order valence-corrected chi connectivity index (χ3v) is 3.42. The number of phenols is 2. The number of benzene rings is 2. The molecule has 0 amide bonds. The summed E-state index contributed by atoms with van der Waals surface area (Å²) in [5.74, 6) is -1.01. The van der Waals surface area contributed by atoms with Gasteiger partial charge >= 0.3 is 6.18 Å². The van der Waals surface area contributed by atoms with Crippen LogP contribution in [-0.4, -0.2) is 10.2 Å². The van der Waals surface area contributed by atoms with Crippen molar-refractivity contribution >= 4 is 11.0 Å². The van der Waals surface area contributed by atoms with Crippen LogP contribution in [0.3, 0.4) is 0 Å². The number of hydrogen-bond donors (Lipinski definition) is 2. The van der Waals surface area contributed by atoms with Gasteiger partial charge in [-0.05, 0) is 29.8 Å². The molecule has 0 bridgehead atoms. The van der Waals surface area contributed by atoms with Crippen molar-refractivity contribution in [1.29, 1.82) is 0 Å². The highest BCUT2D eigenvalue weighted by Crippen LogP contribution is 2.34. The van der Waals surface area contributed by atoms with E-state index in [0.29, 0.717) is 0 Å². The van der Waals surface area contributed by atoms with Gasteiger partial charge < -0.3 is 14.6 Å². The van der Waals surface area contributed by atoms with Crippen molar-refractivity contribution in [3.63, 3.8) is 0 Å². The molecule has 0 saturated heterocycles. The first-order chi connectivity index (χ1) is 10.8.